The van der Waals surface area contributed by atoms with Crippen LogP contribution in [0, 0.1) is 5.92 Å². The molecule has 1 aliphatic carbocycles. The van der Waals surface area contributed by atoms with Crippen LogP contribution in [0.15, 0.2) is 4.99 Å². The van der Waals surface area contributed by atoms with Gasteiger partial charge >= 0.3 is 0 Å². The SMILES string of the molecule is CN=C(NCc1nnc2n1CCCC2)NC1CN(C2CC2)CC1C. The molecule has 132 valence electrons. The van der Waals surface area contributed by atoms with Gasteiger partial charge in [-0.25, -0.2) is 0 Å². The van der Waals surface area contributed by atoms with E-state index in [2.05, 4.69) is 42.2 Å². The molecule has 2 atom stereocenters. The first-order chi connectivity index (χ1) is 11.7. The quantitative estimate of drug-likeness (QED) is 0.630. The van der Waals surface area contributed by atoms with Crippen molar-refractivity contribution >= 4 is 5.96 Å². The summed E-state index contributed by atoms with van der Waals surface area (Å²) in [6.45, 7) is 6.40. The smallest absolute Gasteiger partial charge is 0.191 e. The number of aromatic nitrogens is 3. The lowest BCUT2D eigenvalue weighted by atomic mass is 10.1. The summed E-state index contributed by atoms with van der Waals surface area (Å²) in [6.07, 6.45) is 6.26. The van der Waals surface area contributed by atoms with Gasteiger partial charge in [0.05, 0.1) is 6.54 Å². The van der Waals surface area contributed by atoms with Crippen molar-refractivity contribution in [1.29, 1.82) is 0 Å². The van der Waals surface area contributed by atoms with E-state index in [1.165, 1.54) is 32.2 Å². The maximum absolute atomic E-state index is 4.40. The maximum atomic E-state index is 4.40. The van der Waals surface area contributed by atoms with Crippen molar-refractivity contribution in [2.75, 3.05) is 20.1 Å². The number of fused-ring (bicyclic) bond motifs is 1. The summed E-state index contributed by atoms with van der Waals surface area (Å²) in [5.41, 5.74) is 0. The van der Waals surface area contributed by atoms with Crippen LogP contribution in [0.4, 0.5) is 0 Å². The normalized spacial score (nSPS) is 28.0. The zero-order chi connectivity index (χ0) is 16.5. The number of aliphatic imine (C=N–C) groups is 1. The number of rotatable bonds is 4. The molecule has 3 heterocycles. The summed E-state index contributed by atoms with van der Waals surface area (Å²) >= 11 is 0. The van der Waals surface area contributed by atoms with Crippen molar-refractivity contribution in [3.63, 3.8) is 0 Å². The van der Waals surface area contributed by atoms with E-state index < -0.39 is 0 Å². The van der Waals surface area contributed by atoms with Gasteiger partial charge in [0.25, 0.3) is 0 Å². The molecule has 24 heavy (non-hydrogen) atoms. The van der Waals surface area contributed by atoms with E-state index in [4.69, 9.17) is 0 Å². The molecule has 1 saturated carbocycles. The van der Waals surface area contributed by atoms with Crippen LogP contribution in [0.1, 0.15) is 44.3 Å². The molecule has 0 radical (unpaired) electrons. The fraction of sp³-hybridized carbons (Fsp3) is 0.824. The van der Waals surface area contributed by atoms with Crippen molar-refractivity contribution in [2.45, 2.75) is 64.2 Å². The highest BCUT2D eigenvalue weighted by molar-refractivity contribution is 5.80. The third-order valence-corrected chi connectivity index (χ3v) is 5.60. The molecule has 2 fully saturated rings. The Kier molecular flexibility index (Phi) is 4.43. The second kappa shape index (κ2) is 6.70. The predicted molar refractivity (Wildman–Crippen MR) is 93.8 cm³/mol. The number of guanidine groups is 1. The van der Waals surface area contributed by atoms with Crippen molar-refractivity contribution in [1.82, 2.24) is 30.3 Å². The Labute approximate surface area is 143 Å². The molecule has 1 aromatic rings. The lowest BCUT2D eigenvalue weighted by molar-refractivity contribution is 0.315. The third kappa shape index (κ3) is 3.27. The highest BCUT2D eigenvalue weighted by Crippen LogP contribution is 2.31. The van der Waals surface area contributed by atoms with E-state index in [1.54, 1.807) is 0 Å². The summed E-state index contributed by atoms with van der Waals surface area (Å²) in [6, 6.07) is 1.32. The van der Waals surface area contributed by atoms with Gasteiger partial charge in [0.2, 0.25) is 0 Å². The Bertz CT molecular complexity index is 604. The number of aryl methyl sites for hydroxylation is 1. The van der Waals surface area contributed by atoms with Gasteiger partial charge in [0.15, 0.2) is 11.8 Å². The third-order valence-electron chi connectivity index (χ3n) is 5.60. The molecule has 3 aliphatic rings. The van der Waals surface area contributed by atoms with E-state index >= 15 is 0 Å². The van der Waals surface area contributed by atoms with Gasteiger partial charge in [-0.1, -0.05) is 6.92 Å². The van der Waals surface area contributed by atoms with Crippen LogP contribution < -0.4 is 10.6 Å². The Morgan fingerprint density at radius 3 is 2.92 bits per heavy atom. The summed E-state index contributed by atoms with van der Waals surface area (Å²) in [5.74, 6) is 3.68. The highest BCUT2D eigenvalue weighted by Gasteiger charge is 2.38. The summed E-state index contributed by atoms with van der Waals surface area (Å²) in [5, 5.41) is 15.7. The number of likely N-dealkylation sites (tertiary alicyclic amines) is 1. The maximum Gasteiger partial charge on any atom is 0.191 e. The monoisotopic (exact) mass is 331 g/mol. The van der Waals surface area contributed by atoms with E-state index in [1.807, 2.05) is 7.05 Å². The lowest BCUT2D eigenvalue weighted by Gasteiger charge is -2.21. The molecule has 2 unspecified atom stereocenters. The summed E-state index contributed by atoms with van der Waals surface area (Å²) in [7, 11) is 1.84. The molecular weight excluding hydrogens is 302 g/mol. The van der Waals surface area contributed by atoms with Gasteiger partial charge in [0.1, 0.15) is 5.82 Å². The first kappa shape index (κ1) is 15.9. The van der Waals surface area contributed by atoms with Gasteiger partial charge in [-0.05, 0) is 31.6 Å². The molecule has 7 heteroatoms. The second-order valence-corrected chi connectivity index (χ2v) is 7.48. The average molecular weight is 331 g/mol. The highest BCUT2D eigenvalue weighted by atomic mass is 15.3. The van der Waals surface area contributed by atoms with Crippen LogP contribution in [-0.4, -0.2) is 57.8 Å². The minimum absolute atomic E-state index is 0.476. The number of hydrogen-bond acceptors (Lipinski definition) is 4. The van der Waals surface area contributed by atoms with Crippen LogP contribution in [0.3, 0.4) is 0 Å². The van der Waals surface area contributed by atoms with Crippen LogP contribution in [0.5, 0.6) is 0 Å². The zero-order valence-electron chi connectivity index (χ0n) is 14.8. The van der Waals surface area contributed by atoms with Crippen molar-refractivity contribution in [2.24, 2.45) is 10.9 Å². The molecule has 1 saturated heterocycles. The minimum Gasteiger partial charge on any atom is -0.352 e. The van der Waals surface area contributed by atoms with Gasteiger partial charge in [-0.3, -0.25) is 9.89 Å². The van der Waals surface area contributed by atoms with Crippen LogP contribution in [-0.2, 0) is 19.5 Å². The van der Waals surface area contributed by atoms with Gasteiger partial charge in [-0.2, -0.15) is 0 Å². The summed E-state index contributed by atoms with van der Waals surface area (Å²) in [4.78, 5) is 7.03. The molecule has 2 aliphatic heterocycles. The zero-order valence-corrected chi connectivity index (χ0v) is 14.8. The number of nitrogens with zero attached hydrogens (tertiary/aromatic N) is 5. The van der Waals surface area contributed by atoms with E-state index in [0.29, 0.717) is 18.5 Å². The Morgan fingerprint density at radius 1 is 1.25 bits per heavy atom. The standard InChI is InChI=1S/C17H29N7/c1-12-10-23(13-6-7-13)11-14(12)20-17(18-2)19-9-16-22-21-15-5-3-4-8-24(15)16/h12-14H,3-11H2,1-2H3,(H2,18,19,20). The average Bonchev–Trinajstić information content (AvgIpc) is 3.28. The topological polar surface area (TPSA) is 70.4 Å². The molecule has 2 N–H and O–H groups in total. The Balaban J connectivity index is 1.32. The second-order valence-electron chi connectivity index (χ2n) is 7.48. The number of nitrogens with one attached hydrogen (secondary N) is 2. The van der Waals surface area contributed by atoms with Crippen LogP contribution >= 0.6 is 0 Å². The molecular formula is C17H29N7. The molecule has 0 amide bonds. The lowest BCUT2D eigenvalue weighted by Crippen LogP contribution is -2.46. The Morgan fingerprint density at radius 2 is 2.12 bits per heavy atom. The Hall–Kier alpha value is -1.63. The van der Waals surface area contributed by atoms with Gasteiger partial charge in [0, 0.05) is 45.2 Å². The van der Waals surface area contributed by atoms with E-state index in [0.717, 1.165) is 43.2 Å². The van der Waals surface area contributed by atoms with Crippen molar-refractivity contribution < 1.29 is 0 Å². The fourth-order valence-electron chi connectivity index (χ4n) is 3.96. The first-order valence-corrected chi connectivity index (χ1v) is 9.37. The van der Waals surface area contributed by atoms with Gasteiger partial charge in [-0.15, -0.1) is 10.2 Å². The predicted octanol–water partition coefficient (Wildman–Crippen LogP) is 0.762. The summed E-state index contributed by atoms with van der Waals surface area (Å²) < 4.78 is 2.26. The molecule has 0 spiro atoms. The van der Waals surface area contributed by atoms with Crippen LogP contribution in [0.2, 0.25) is 0 Å². The van der Waals surface area contributed by atoms with E-state index in [-0.39, 0.29) is 0 Å². The molecule has 1 aromatic heterocycles. The molecule has 7 nitrogen and oxygen atoms in total. The van der Waals surface area contributed by atoms with Crippen molar-refractivity contribution in [3.8, 4) is 0 Å². The minimum atomic E-state index is 0.476. The van der Waals surface area contributed by atoms with E-state index in [9.17, 15) is 0 Å². The molecule has 0 bridgehead atoms. The number of hydrogen-bond donors (Lipinski definition) is 2. The van der Waals surface area contributed by atoms with Crippen LogP contribution in [0.25, 0.3) is 0 Å². The largest absolute Gasteiger partial charge is 0.352 e. The molecule has 4 rings (SSSR count). The first-order valence-electron chi connectivity index (χ1n) is 9.37. The van der Waals surface area contributed by atoms with Crippen molar-refractivity contribution in [3.05, 3.63) is 11.6 Å². The molecule has 0 aromatic carbocycles. The van der Waals surface area contributed by atoms with Gasteiger partial charge < -0.3 is 15.2 Å². The fourth-order valence-corrected chi connectivity index (χ4v) is 3.96.